The van der Waals surface area contributed by atoms with Gasteiger partial charge in [-0.25, -0.2) is 4.98 Å². The number of amides is 3. The molecule has 1 aromatic heterocycles. The van der Waals surface area contributed by atoms with E-state index in [1.807, 2.05) is 12.3 Å². The Morgan fingerprint density at radius 1 is 1.06 bits per heavy atom. The second-order valence-electron chi connectivity index (χ2n) is 13.9. The largest absolute Gasteiger partial charge is 0.401 e. The van der Waals surface area contributed by atoms with Crippen LogP contribution in [-0.4, -0.2) is 96.9 Å². The van der Waals surface area contributed by atoms with Crippen molar-refractivity contribution in [1.29, 1.82) is 0 Å². The van der Waals surface area contributed by atoms with Gasteiger partial charge in [0.2, 0.25) is 11.8 Å². The molecular formula is C37H43N9O4. The SMILES string of the molecule is CN1CCN(c2ccc3ncc(C(C=NC4CC(CNc5ccc(C(=O)NC6CCC(=O)NC6=O)c(C=O)c5)C4)=C(N)C4CC4)nc3c2)CC1. The van der Waals surface area contributed by atoms with E-state index in [9.17, 15) is 19.2 Å². The molecule has 2 aliphatic carbocycles. The molecule has 13 heteroatoms. The third kappa shape index (κ3) is 7.52. The predicted octanol–water partition coefficient (Wildman–Crippen LogP) is 2.77. The third-order valence-electron chi connectivity index (χ3n) is 10.2. The number of aldehydes is 1. The predicted molar refractivity (Wildman–Crippen MR) is 192 cm³/mol. The number of fused-ring (bicyclic) bond motifs is 1. The Morgan fingerprint density at radius 3 is 2.60 bits per heavy atom. The van der Waals surface area contributed by atoms with Gasteiger partial charge in [-0.15, -0.1) is 0 Å². The number of aromatic nitrogens is 2. The van der Waals surface area contributed by atoms with Gasteiger partial charge in [-0.2, -0.15) is 0 Å². The zero-order valence-corrected chi connectivity index (χ0v) is 28.2. The molecule has 0 radical (unpaired) electrons. The van der Waals surface area contributed by atoms with Gasteiger partial charge in [-0.05, 0) is 87.4 Å². The lowest BCUT2D eigenvalue weighted by Gasteiger charge is -2.34. The smallest absolute Gasteiger partial charge is 0.252 e. The fourth-order valence-corrected chi connectivity index (χ4v) is 6.77. The molecule has 0 spiro atoms. The highest BCUT2D eigenvalue weighted by Gasteiger charge is 2.31. The summed E-state index contributed by atoms with van der Waals surface area (Å²) in [6, 6.07) is 10.6. The molecule has 4 aliphatic rings. The van der Waals surface area contributed by atoms with Crippen LogP contribution in [-0.2, 0) is 9.59 Å². The summed E-state index contributed by atoms with van der Waals surface area (Å²) in [5.41, 5.74) is 13.1. The van der Waals surface area contributed by atoms with Crippen LogP contribution < -0.4 is 26.6 Å². The van der Waals surface area contributed by atoms with Crippen LogP contribution in [0.3, 0.4) is 0 Å². The summed E-state index contributed by atoms with van der Waals surface area (Å²) in [6.07, 6.45) is 8.67. The molecular weight excluding hydrogens is 634 g/mol. The van der Waals surface area contributed by atoms with Crippen molar-refractivity contribution in [3.63, 3.8) is 0 Å². The van der Waals surface area contributed by atoms with Gasteiger partial charge in [-0.1, -0.05) is 0 Å². The Labute approximate surface area is 290 Å². The highest BCUT2D eigenvalue weighted by Crippen LogP contribution is 2.37. The molecule has 2 saturated carbocycles. The van der Waals surface area contributed by atoms with Crippen LogP contribution in [0.25, 0.3) is 16.6 Å². The quantitative estimate of drug-likeness (QED) is 0.134. The number of piperidine rings is 1. The lowest BCUT2D eigenvalue weighted by molar-refractivity contribution is -0.134. The highest BCUT2D eigenvalue weighted by atomic mass is 16.2. The van der Waals surface area contributed by atoms with Crippen LogP contribution in [0.4, 0.5) is 11.4 Å². The van der Waals surface area contributed by atoms with Gasteiger partial charge in [0.25, 0.3) is 5.91 Å². The first kappa shape index (κ1) is 33.3. The van der Waals surface area contributed by atoms with Crippen molar-refractivity contribution in [3.05, 3.63) is 65.1 Å². The number of imide groups is 1. The van der Waals surface area contributed by atoms with E-state index < -0.39 is 17.9 Å². The Bertz CT molecular complexity index is 1870. The number of benzene rings is 2. The van der Waals surface area contributed by atoms with E-state index in [1.54, 1.807) is 24.4 Å². The van der Waals surface area contributed by atoms with Gasteiger partial charge < -0.3 is 26.2 Å². The maximum Gasteiger partial charge on any atom is 0.252 e. The number of carbonyl (C=O) groups is 4. The van der Waals surface area contributed by atoms with E-state index in [4.69, 9.17) is 20.7 Å². The monoisotopic (exact) mass is 677 g/mol. The molecule has 5 N–H and O–H groups in total. The molecule has 7 rings (SSSR count). The fourth-order valence-electron chi connectivity index (χ4n) is 6.77. The first-order valence-electron chi connectivity index (χ1n) is 17.4. The lowest BCUT2D eigenvalue weighted by atomic mass is 9.80. The van der Waals surface area contributed by atoms with Crippen molar-refractivity contribution in [3.8, 4) is 0 Å². The number of aliphatic imine (C=N–C) groups is 1. The molecule has 2 saturated heterocycles. The van der Waals surface area contributed by atoms with E-state index in [2.05, 4.69) is 44.9 Å². The summed E-state index contributed by atoms with van der Waals surface area (Å²) < 4.78 is 0. The zero-order chi connectivity index (χ0) is 34.8. The number of rotatable bonds is 11. The molecule has 0 bridgehead atoms. The van der Waals surface area contributed by atoms with Crippen molar-refractivity contribution < 1.29 is 19.2 Å². The fraction of sp³-hybridized carbons (Fsp3) is 0.432. The normalized spacial score (nSPS) is 23.3. The molecule has 1 atom stereocenters. The van der Waals surface area contributed by atoms with Gasteiger partial charge in [0.1, 0.15) is 6.04 Å². The molecule has 50 heavy (non-hydrogen) atoms. The van der Waals surface area contributed by atoms with Crippen LogP contribution in [0, 0.1) is 11.8 Å². The van der Waals surface area contributed by atoms with Crippen LogP contribution in [0.1, 0.15) is 64.9 Å². The van der Waals surface area contributed by atoms with E-state index >= 15 is 0 Å². The average molecular weight is 678 g/mol. The average Bonchev–Trinajstić information content (AvgIpc) is 3.96. The van der Waals surface area contributed by atoms with Crippen LogP contribution in [0.5, 0.6) is 0 Å². The molecule has 3 heterocycles. The summed E-state index contributed by atoms with van der Waals surface area (Å²) in [5.74, 6) is -0.683. The topological polar surface area (TPSA) is 175 Å². The standard InChI is InChI=1S/C37H43N9O4/c1-45-10-12-46(13-11-45)27-5-7-30-32(17-27)42-33(20-41-30)29(35(38)23-2-3-23)19-40-26-14-22(15-26)18-39-25-4-6-28(24(16-25)21-47)36(49)43-31-8-9-34(48)44-37(31)50/h4-7,16-17,19-23,26,31,39H,2-3,8-15,18,38H2,1H3,(H,43,49)(H,44,48,50). The van der Waals surface area contributed by atoms with Gasteiger partial charge in [0.05, 0.1) is 29.0 Å². The second-order valence-corrected chi connectivity index (χ2v) is 13.9. The molecule has 2 aliphatic heterocycles. The summed E-state index contributed by atoms with van der Waals surface area (Å²) in [7, 11) is 2.15. The summed E-state index contributed by atoms with van der Waals surface area (Å²) >= 11 is 0. The minimum atomic E-state index is -0.815. The second kappa shape index (κ2) is 14.4. The van der Waals surface area contributed by atoms with Crippen LogP contribution in [0.15, 0.2) is 53.3 Å². The molecule has 1 unspecified atom stereocenters. The summed E-state index contributed by atoms with van der Waals surface area (Å²) in [5, 5.41) is 8.23. The van der Waals surface area contributed by atoms with Gasteiger partial charge in [0, 0.05) is 79.1 Å². The molecule has 4 fully saturated rings. The highest BCUT2D eigenvalue weighted by molar-refractivity contribution is 6.10. The third-order valence-corrected chi connectivity index (χ3v) is 10.2. The lowest BCUT2D eigenvalue weighted by Crippen LogP contribution is -2.52. The van der Waals surface area contributed by atoms with Crippen molar-refractivity contribution in [2.45, 2.75) is 50.6 Å². The number of nitrogens with one attached hydrogen (secondary N) is 3. The van der Waals surface area contributed by atoms with Crippen LogP contribution in [0.2, 0.25) is 0 Å². The van der Waals surface area contributed by atoms with Crippen molar-refractivity contribution in [2.24, 2.45) is 22.6 Å². The summed E-state index contributed by atoms with van der Waals surface area (Å²) in [4.78, 5) is 67.5. The number of hydrogen-bond donors (Lipinski definition) is 4. The molecule has 2 aromatic carbocycles. The number of anilines is 2. The van der Waals surface area contributed by atoms with Gasteiger partial charge in [-0.3, -0.25) is 34.5 Å². The number of hydrogen-bond acceptors (Lipinski definition) is 11. The molecule has 3 aromatic rings. The minimum Gasteiger partial charge on any atom is -0.401 e. The van der Waals surface area contributed by atoms with Crippen LogP contribution >= 0.6 is 0 Å². The maximum absolute atomic E-state index is 12.8. The Balaban J connectivity index is 0.957. The van der Waals surface area contributed by atoms with Crippen molar-refractivity contribution in [2.75, 3.05) is 50.0 Å². The minimum absolute atomic E-state index is 0.150. The maximum atomic E-state index is 12.8. The molecule has 3 amide bonds. The zero-order valence-electron chi connectivity index (χ0n) is 28.2. The van der Waals surface area contributed by atoms with E-state index in [0.717, 1.165) is 91.2 Å². The van der Waals surface area contributed by atoms with Gasteiger partial charge >= 0.3 is 0 Å². The van der Waals surface area contributed by atoms with E-state index in [1.165, 1.54) is 0 Å². The Morgan fingerprint density at radius 2 is 1.86 bits per heavy atom. The van der Waals surface area contributed by atoms with E-state index in [-0.39, 0.29) is 35.9 Å². The molecule has 13 nitrogen and oxygen atoms in total. The number of nitrogens with zero attached hydrogens (tertiary/aromatic N) is 5. The number of likely N-dealkylation sites (N-methyl/N-ethyl adjacent to an activating group) is 1. The Kier molecular flexibility index (Phi) is 9.57. The number of carbonyl (C=O) groups excluding carboxylic acids is 4. The number of piperazine rings is 1. The number of allylic oxidation sites excluding steroid dienone is 2. The first-order valence-corrected chi connectivity index (χ1v) is 17.4. The number of nitrogens with two attached hydrogens (primary N) is 1. The van der Waals surface area contributed by atoms with Gasteiger partial charge in [0.15, 0.2) is 6.29 Å². The van der Waals surface area contributed by atoms with Crippen molar-refractivity contribution >= 4 is 58.2 Å². The molecule has 260 valence electrons. The summed E-state index contributed by atoms with van der Waals surface area (Å²) in [6.45, 7) is 4.74. The van der Waals surface area contributed by atoms with Crippen molar-refractivity contribution in [1.82, 2.24) is 25.5 Å². The Hall–Kier alpha value is -5.17. The first-order chi connectivity index (χ1) is 24.2. The van der Waals surface area contributed by atoms with E-state index in [0.29, 0.717) is 24.7 Å².